The number of aliphatic hydroxyl groups is 1. The first kappa shape index (κ1) is 9.15. The van der Waals surface area contributed by atoms with Crippen LogP contribution in [0.4, 0.5) is 0 Å². The van der Waals surface area contributed by atoms with Crippen LogP contribution in [0.3, 0.4) is 0 Å². The summed E-state index contributed by atoms with van der Waals surface area (Å²) in [6.45, 7) is 4.54. The molecule has 1 atom stereocenters. The summed E-state index contributed by atoms with van der Waals surface area (Å²) >= 11 is 0. The van der Waals surface area contributed by atoms with E-state index in [1.54, 1.807) is 6.92 Å². The average molecular weight is 171 g/mol. The number of ether oxygens (including phenoxy) is 1. The van der Waals surface area contributed by atoms with Gasteiger partial charge in [0.05, 0.1) is 18.0 Å². The molecule has 0 saturated heterocycles. The number of aromatic nitrogens is 3. The van der Waals surface area contributed by atoms with Crippen LogP contribution in [0.2, 0.25) is 0 Å². The van der Waals surface area contributed by atoms with Crippen LogP contribution in [0.25, 0.3) is 0 Å². The Bertz CT molecular complexity index is 234. The first-order chi connectivity index (χ1) is 5.75. The zero-order chi connectivity index (χ0) is 8.97. The monoisotopic (exact) mass is 171 g/mol. The van der Waals surface area contributed by atoms with Crippen molar-refractivity contribution in [2.45, 2.75) is 26.7 Å². The van der Waals surface area contributed by atoms with Crippen LogP contribution in [0.5, 0.6) is 0 Å². The highest BCUT2D eigenvalue weighted by molar-refractivity contribution is 4.96. The minimum absolute atomic E-state index is 0.344. The molecule has 1 rings (SSSR count). The molecule has 68 valence electrons. The van der Waals surface area contributed by atoms with E-state index in [1.165, 1.54) is 10.9 Å². The molecule has 1 aromatic rings. The summed E-state index contributed by atoms with van der Waals surface area (Å²) in [7, 11) is 0. The summed E-state index contributed by atoms with van der Waals surface area (Å²) in [4.78, 5) is 0. The molecule has 0 amide bonds. The van der Waals surface area contributed by atoms with Gasteiger partial charge in [0.1, 0.15) is 6.73 Å². The maximum Gasteiger partial charge on any atom is 0.141 e. The minimum atomic E-state index is -0.555. The third-order valence-electron chi connectivity index (χ3n) is 1.49. The van der Waals surface area contributed by atoms with Gasteiger partial charge in [-0.05, 0) is 13.8 Å². The summed E-state index contributed by atoms with van der Waals surface area (Å²) < 4.78 is 6.65. The van der Waals surface area contributed by atoms with E-state index < -0.39 is 6.10 Å². The Labute approximate surface area is 71.0 Å². The van der Waals surface area contributed by atoms with Gasteiger partial charge in [0.2, 0.25) is 0 Å². The normalized spacial score (nSPS) is 13.2. The molecule has 0 aliphatic heterocycles. The average Bonchev–Trinajstić information content (AvgIpc) is 2.48. The number of rotatable bonds is 4. The zero-order valence-electron chi connectivity index (χ0n) is 7.27. The molecular formula is C7H13N3O2. The fourth-order valence-corrected chi connectivity index (χ4v) is 0.867. The molecule has 0 spiro atoms. The summed E-state index contributed by atoms with van der Waals surface area (Å²) in [6.07, 6.45) is 0.976. The molecule has 0 radical (unpaired) electrons. The van der Waals surface area contributed by atoms with Crippen molar-refractivity contribution in [2.75, 3.05) is 6.61 Å². The van der Waals surface area contributed by atoms with E-state index in [2.05, 4.69) is 10.3 Å². The second kappa shape index (κ2) is 4.18. The second-order valence-corrected chi connectivity index (χ2v) is 2.46. The Balaban J connectivity index is 2.64. The van der Waals surface area contributed by atoms with E-state index in [0.717, 1.165) is 0 Å². The fourth-order valence-electron chi connectivity index (χ4n) is 0.867. The van der Waals surface area contributed by atoms with Gasteiger partial charge < -0.3 is 9.84 Å². The molecule has 1 heterocycles. The van der Waals surface area contributed by atoms with E-state index in [4.69, 9.17) is 4.74 Å². The van der Waals surface area contributed by atoms with Gasteiger partial charge in [-0.2, -0.15) is 0 Å². The SMILES string of the molecule is CCOCn1nncc1C(C)O. The van der Waals surface area contributed by atoms with Crippen LogP contribution in [0.15, 0.2) is 6.20 Å². The molecule has 0 saturated carbocycles. The molecule has 1 aromatic heterocycles. The highest BCUT2D eigenvalue weighted by Gasteiger charge is 2.08. The van der Waals surface area contributed by atoms with E-state index >= 15 is 0 Å². The molecular weight excluding hydrogens is 158 g/mol. The summed E-state index contributed by atoms with van der Waals surface area (Å²) in [5.74, 6) is 0. The minimum Gasteiger partial charge on any atom is -0.387 e. The summed E-state index contributed by atoms with van der Waals surface area (Å²) in [5, 5.41) is 16.7. The standard InChI is InChI=1S/C7H13N3O2/c1-3-12-5-10-7(6(2)11)4-8-9-10/h4,6,11H,3,5H2,1-2H3. The first-order valence-corrected chi connectivity index (χ1v) is 3.90. The van der Waals surface area contributed by atoms with Crippen LogP contribution in [0, 0.1) is 0 Å². The maximum atomic E-state index is 9.24. The van der Waals surface area contributed by atoms with Crippen LogP contribution < -0.4 is 0 Å². The van der Waals surface area contributed by atoms with Crippen LogP contribution in [0.1, 0.15) is 25.6 Å². The molecule has 5 nitrogen and oxygen atoms in total. The zero-order valence-corrected chi connectivity index (χ0v) is 7.27. The van der Waals surface area contributed by atoms with Crippen molar-refractivity contribution in [3.05, 3.63) is 11.9 Å². The predicted octanol–water partition coefficient (Wildman–Crippen LogP) is 0.325. The van der Waals surface area contributed by atoms with Gasteiger partial charge >= 0.3 is 0 Å². The van der Waals surface area contributed by atoms with Gasteiger partial charge in [0.15, 0.2) is 0 Å². The van der Waals surface area contributed by atoms with Crippen LogP contribution in [-0.4, -0.2) is 26.7 Å². The van der Waals surface area contributed by atoms with Crippen molar-refractivity contribution >= 4 is 0 Å². The smallest absolute Gasteiger partial charge is 0.141 e. The number of hydrogen-bond donors (Lipinski definition) is 1. The molecule has 0 aliphatic rings. The molecule has 0 bridgehead atoms. The molecule has 1 N–H and O–H groups in total. The highest BCUT2D eigenvalue weighted by atomic mass is 16.5. The molecule has 12 heavy (non-hydrogen) atoms. The largest absolute Gasteiger partial charge is 0.387 e. The highest BCUT2D eigenvalue weighted by Crippen LogP contribution is 2.08. The molecule has 0 fully saturated rings. The Kier molecular flexibility index (Phi) is 3.19. The quantitative estimate of drug-likeness (QED) is 0.709. The number of hydrogen-bond acceptors (Lipinski definition) is 4. The number of aliphatic hydroxyl groups excluding tert-OH is 1. The lowest BCUT2D eigenvalue weighted by Crippen LogP contribution is -2.09. The van der Waals surface area contributed by atoms with Crippen LogP contribution in [-0.2, 0) is 11.5 Å². The third-order valence-corrected chi connectivity index (χ3v) is 1.49. The van der Waals surface area contributed by atoms with Gasteiger partial charge in [-0.1, -0.05) is 5.21 Å². The Morgan fingerprint density at radius 2 is 2.50 bits per heavy atom. The Hall–Kier alpha value is -0.940. The van der Waals surface area contributed by atoms with Crippen LogP contribution >= 0.6 is 0 Å². The van der Waals surface area contributed by atoms with E-state index in [9.17, 15) is 5.11 Å². The Morgan fingerprint density at radius 3 is 3.08 bits per heavy atom. The van der Waals surface area contributed by atoms with Crippen molar-refractivity contribution in [3.63, 3.8) is 0 Å². The number of nitrogens with zero attached hydrogens (tertiary/aromatic N) is 3. The van der Waals surface area contributed by atoms with Crippen molar-refractivity contribution in [2.24, 2.45) is 0 Å². The van der Waals surface area contributed by atoms with Crippen molar-refractivity contribution in [1.82, 2.24) is 15.0 Å². The molecule has 0 aromatic carbocycles. The Morgan fingerprint density at radius 1 is 1.75 bits per heavy atom. The maximum absolute atomic E-state index is 9.24. The van der Waals surface area contributed by atoms with E-state index in [-0.39, 0.29) is 0 Å². The van der Waals surface area contributed by atoms with Gasteiger partial charge in [-0.25, -0.2) is 4.68 Å². The topological polar surface area (TPSA) is 60.2 Å². The lowest BCUT2D eigenvalue weighted by molar-refractivity contribution is 0.0682. The molecule has 5 heteroatoms. The van der Waals surface area contributed by atoms with Gasteiger partial charge in [0.25, 0.3) is 0 Å². The van der Waals surface area contributed by atoms with Gasteiger partial charge in [-0.3, -0.25) is 0 Å². The summed E-state index contributed by atoms with van der Waals surface area (Å²) in [5.41, 5.74) is 0.670. The lowest BCUT2D eigenvalue weighted by Gasteiger charge is -2.06. The van der Waals surface area contributed by atoms with Gasteiger partial charge in [0, 0.05) is 6.61 Å². The third kappa shape index (κ3) is 2.02. The van der Waals surface area contributed by atoms with E-state index in [1.807, 2.05) is 6.92 Å². The van der Waals surface area contributed by atoms with Crippen molar-refractivity contribution < 1.29 is 9.84 Å². The molecule has 0 aliphatic carbocycles. The second-order valence-electron chi connectivity index (χ2n) is 2.46. The molecule has 1 unspecified atom stereocenters. The van der Waals surface area contributed by atoms with E-state index in [0.29, 0.717) is 19.0 Å². The predicted molar refractivity (Wildman–Crippen MR) is 42.3 cm³/mol. The summed E-state index contributed by atoms with van der Waals surface area (Å²) in [6, 6.07) is 0. The van der Waals surface area contributed by atoms with Crippen molar-refractivity contribution in [1.29, 1.82) is 0 Å². The fraction of sp³-hybridized carbons (Fsp3) is 0.714. The van der Waals surface area contributed by atoms with Crippen molar-refractivity contribution in [3.8, 4) is 0 Å². The van der Waals surface area contributed by atoms with Gasteiger partial charge in [-0.15, -0.1) is 5.10 Å². The first-order valence-electron chi connectivity index (χ1n) is 3.90. The lowest BCUT2D eigenvalue weighted by atomic mass is 10.3.